The van der Waals surface area contributed by atoms with Crippen LogP contribution >= 0.6 is 0 Å². The summed E-state index contributed by atoms with van der Waals surface area (Å²) in [4.78, 5) is 0. The van der Waals surface area contributed by atoms with Crippen LogP contribution in [0.1, 0.15) is 13.3 Å². The molecule has 2 N–H and O–H groups in total. The third kappa shape index (κ3) is 2.79. The minimum Gasteiger partial charge on any atom is -0.393 e. The molecule has 0 aliphatic carbocycles. The van der Waals surface area contributed by atoms with E-state index in [1.807, 2.05) is 0 Å². The number of aliphatic hydroxyl groups is 1. The highest BCUT2D eigenvalue weighted by atomic mass is 32.2. The molecule has 2 heterocycles. The summed E-state index contributed by atoms with van der Waals surface area (Å²) in [7, 11) is -3.31. The predicted octanol–water partition coefficient (Wildman–Crippen LogP) is -1.16. The van der Waals surface area contributed by atoms with Crippen molar-refractivity contribution < 1.29 is 13.5 Å². The van der Waals surface area contributed by atoms with E-state index in [0.717, 1.165) is 6.42 Å². The van der Waals surface area contributed by atoms with Gasteiger partial charge in [-0.1, -0.05) is 0 Å². The molecule has 17 heavy (non-hydrogen) atoms. The lowest BCUT2D eigenvalue weighted by atomic mass is 10.0. The van der Waals surface area contributed by atoms with Gasteiger partial charge < -0.3 is 10.4 Å². The van der Waals surface area contributed by atoms with Crippen molar-refractivity contribution in [1.29, 1.82) is 0 Å². The van der Waals surface area contributed by atoms with E-state index in [2.05, 4.69) is 5.32 Å². The number of rotatable bonds is 3. The fourth-order valence-corrected chi connectivity index (χ4v) is 4.08. The van der Waals surface area contributed by atoms with Crippen LogP contribution in [0, 0.1) is 5.92 Å². The molecule has 0 aromatic heterocycles. The quantitative estimate of drug-likeness (QED) is 0.674. The van der Waals surface area contributed by atoms with E-state index < -0.39 is 16.3 Å². The average molecular weight is 263 g/mol. The molecule has 2 unspecified atom stereocenters. The van der Waals surface area contributed by atoms with E-state index in [1.165, 1.54) is 8.61 Å². The van der Waals surface area contributed by atoms with Gasteiger partial charge in [0, 0.05) is 39.3 Å². The molecular formula is C10H21N3O3S. The van der Waals surface area contributed by atoms with Crippen molar-refractivity contribution in [3.8, 4) is 0 Å². The molecular weight excluding hydrogens is 242 g/mol. The minimum absolute atomic E-state index is 0.0766. The second kappa shape index (κ2) is 5.19. The van der Waals surface area contributed by atoms with Gasteiger partial charge in [0.2, 0.25) is 0 Å². The van der Waals surface area contributed by atoms with Gasteiger partial charge in [-0.3, -0.25) is 0 Å². The Hall–Kier alpha value is -0.210. The van der Waals surface area contributed by atoms with Gasteiger partial charge in [-0.2, -0.15) is 17.0 Å². The second-order valence-corrected chi connectivity index (χ2v) is 6.73. The zero-order valence-electron chi connectivity index (χ0n) is 10.2. The van der Waals surface area contributed by atoms with Crippen LogP contribution in [0.5, 0.6) is 0 Å². The molecule has 0 radical (unpaired) electrons. The Kier molecular flexibility index (Phi) is 4.04. The Morgan fingerprint density at radius 1 is 1.24 bits per heavy atom. The van der Waals surface area contributed by atoms with Gasteiger partial charge in [0.1, 0.15) is 0 Å². The lowest BCUT2D eigenvalue weighted by molar-refractivity contribution is 0.132. The van der Waals surface area contributed by atoms with E-state index in [9.17, 15) is 13.5 Å². The number of aliphatic hydroxyl groups excluding tert-OH is 1. The van der Waals surface area contributed by atoms with Gasteiger partial charge in [0.05, 0.1) is 6.10 Å². The van der Waals surface area contributed by atoms with Crippen LogP contribution in [0.4, 0.5) is 0 Å². The number of nitrogens with one attached hydrogen (secondary N) is 1. The molecule has 0 saturated carbocycles. The molecule has 0 aromatic rings. The van der Waals surface area contributed by atoms with Gasteiger partial charge in [-0.15, -0.1) is 0 Å². The van der Waals surface area contributed by atoms with E-state index in [4.69, 9.17) is 0 Å². The molecule has 7 heteroatoms. The van der Waals surface area contributed by atoms with Gasteiger partial charge in [-0.25, -0.2) is 0 Å². The Morgan fingerprint density at radius 3 is 2.41 bits per heavy atom. The van der Waals surface area contributed by atoms with Crippen molar-refractivity contribution in [3.05, 3.63) is 0 Å². The molecule has 2 atom stereocenters. The fourth-order valence-electron chi connectivity index (χ4n) is 2.40. The van der Waals surface area contributed by atoms with Crippen molar-refractivity contribution in [1.82, 2.24) is 13.9 Å². The molecule has 6 nitrogen and oxygen atoms in total. The highest BCUT2D eigenvalue weighted by Crippen LogP contribution is 2.24. The largest absolute Gasteiger partial charge is 0.393 e. The first-order valence-electron chi connectivity index (χ1n) is 6.16. The summed E-state index contributed by atoms with van der Waals surface area (Å²) in [5.74, 6) is 0.0766. The van der Waals surface area contributed by atoms with Crippen LogP contribution in [0.2, 0.25) is 0 Å². The lowest BCUT2D eigenvalue weighted by Gasteiger charge is -2.30. The third-order valence-corrected chi connectivity index (χ3v) is 5.60. The minimum atomic E-state index is -3.31. The van der Waals surface area contributed by atoms with Gasteiger partial charge >= 0.3 is 0 Å². The van der Waals surface area contributed by atoms with Crippen LogP contribution in [0.25, 0.3) is 0 Å². The Morgan fingerprint density at radius 2 is 1.88 bits per heavy atom. The normalized spacial score (nSPS) is 30.6. The van der Waals surface area contributed by atoms with Crippen LogP contribution < -0.4 is 5.32 Å². The van der Waals surface area contributed by atoms with Crippen LogP contribution in [0.15, 0.2) is 0 Å². The molecule has 2 aliphatic heterocycles. The standard InChI is InChI=1S/C10H21N3O3S/c1-9(14)10-2-5-13(8-10)17(15,16)12-6-3-11-4-7-12/h9-11,14H,2-8H2,1H3. The summed E-state index contributed by atoms with van der Waals surface area (Å²) in [5.41, 5.74) is 0. The first-order chi connectivity index (χ1) is 8.01. The molecule has 100 valence electrons. The zero-order chi connectivity index (χ0) is 12.5. The summed E-state index contributed by atoms with van der Waals surface area (Å²) >= 11 is 0. The summed E-state index contributed by atoms with van der Waals surface area (Å²) in [6.45, 7) is 5.22. The maximum atomic E-state index is 12.3. The highest BCUT2D eigenvalue weighted by molar-refractivity contribution is 7.86. The molecule has 2 rings (SSSR count). The SMILES string of the molecule is CC(O)C1CCN(S(=O)(=O)N2CCNCC2)C1. The number of hydrogen-bond donors (Lipinski definition) is 2. The molecule has 2 saturated heterocycles. The summed E-state index contributed by atoms with van der Waals surface area (Å²) in [5, 5.41) is 12.6. The van der Waals surface area contributed by atoms with Gasteiger partial charge in [0.15, 0.2) is 0 Å². The lowest BCUT2D eigenvalue weighted by Crippen LogP contribution is -2.51. The summed E-state index contributed by atoms with van der Waals surface area (Å²) in [6.07, 6.45) is 0.321. The zero-order valence-corrected chi connectivity index (χ0v) is 11.0. The summed E-state index contributed by atoms with van der Waals surface area (Å²) in [6, 6.07) is 0. The maximum absolute atomic E-state index is 12.3. The van der Waals surface area contributed by atoms with Gasteiger partial charge in [0.25, 0.3) is 10.2 Å². The van der Waals surface area contributed by atoms with Crippen molar-refractivity contribution in [3.63, 3.8) is 0 Å². The van der Waals surface area contributed by atoms with Crippen molar-refractivity contribution in [2.75, 3.05) is 39.3 Å². The number of piperazine rings is 1. The topological polar surface area (TPSA) is 72.9 Å². The smallest absolute Gasteiger partial charge is 0.282 e. The number of hydrogen-bond acceptors (Lipinski definition) is 4. The van der Waals surface area contributed by atoms with E-state index in [0.29, 0.717) is 39.3 Å². The molecule has 2 aliphatic rings. The summed E-state index contributed by atoms with van der Waals surface area (Å²) < 4.78 is 27.6. The van der Waals surface area contributed by atoms with Crippen LogP contribution in [-0.4, -0.2) is 67.5 Å². The maximum Gasteiger partial charge on any atom is 0.282 e. The fraction of sp³-hybridized carbons (Fsp3) is 1.00. The third-order valence-electron chi connectivity index (χ3n) is 3.60. The monoisotopic (exact) mass is 263 g/mol. The van der Waals surface area contributed by atoms with E-state index in [-0.39, 0.29) is 5.92 Å². The first kappa shape index (κ1) is 13.2. The average Bonchev–Trinajstić information content (AvgIpc) is 2.80. The molecule has 0 spiro atoms. The van der Waals surface area contributed by atoms with Crippen molar-refractivity contribution in [2.45, 2.75) is 19.4 Å². The highest BCUT2D eigenvalue weighted by Gasteiger charge is 2.37. The second-order valence-electron chi connectivity index (χ2n) is 4.80. The Bertz CT molecular complexity index is 352. The molecule has 0 aromatic carbocycles. The predicted molar refractivity (Wildman–Crippen MR) is 64.7 cm³/mol. The Labute approximate surface area is 103 Å². The molecule has 2 fully saturated rings. The van der Waals surface area contributed by atoms with Crippen molar-refractivity contribution in [2.24, 2.45) is 5.92 Å². The molecule has 0 bridgehead atoms. The van der Waals surface area contributed by atoms with Gasteiger partial charge in [-0.05, 0) is 19.3 Å². The van der Waals surface area contributed by atoms with Crippen LogP contribution in [0.3, 0.4) is 0 Å². The molecule has 0 amide bonds. The Balaban J connectivity index is 2.01. The first-order valence-corrected chi connectivity index (χ1v) is 7.55. The van der Waals surface area contributed by atoms with E-state index >= 15 is 0 Å². The van der Waals surface area contributed by atoms with Crippen LogP contribution in [-0.2, 0) is 10.2 Å². The van der Waals surface area contributed by atoms with Crippen molar-refractivity contribution >= 4 is 10.2 Å². The van der Waals surface area contributed by atoms with E-state index in [1.54, 1.807) is 6.92 Å². The number of nitrogens with zero attached hydrogens (tertiary/aromatic N) is 2.